The van der Waals surface area contributed by atoms with E-state index in [1.165, 1.54) is 6.92 Å². The zero-order chi connectivity index (χ0) is 15.6. The van der Waals surface area contributed by atoms with Gasteiger partial charge in [-0.05, 0) is 12.5 Å². The summed E-state index contributed by atoms with van der Waals surface area (Å²) < 4.78 is 39.6. The molecule has 0 saturated heterocycles. The minimum Gasteiger partial charge on any atom is -0.503 e. The summed E-state index contributed by atoms with van der Waals surface area (Å²) >= 11 is 0. The molecule has 5 nitrogen and oxygen atoms in total. The van der Waals surface area contributed by atoms with Gasteiger partial charge in [-0.2, -0.15) is 4.39 Å². The number of likely N-dealkylation sites (N-methyl/N-ethyl adjacent to an activating group) is 1. The Balaban J connectivity index is 3.25. The monoisotopic (exact) mass is 291 g/mol. The van der Waals surface area contributed by atoms with Crippen molar-refractivity contribution in [3.05, 3.63) is 29.1 Å². The average molecular weight is 291 g/mol. The highest BCUT2D eigenvalue weighted by molar-refractivity contribution is 5.97. The predicted octanol–water partition coefficient (Wildman–Crippen LogP) is 1.74. The Bertz CT molecular complexity index is 562. The molecule has 0 radical (unpaired) electrons. The number of amides is 1. The molecule has 1 aromatic carbocycles. The lowest BCUT2D eigenvalue weighted by Gasteiger charge is -2.24. The average Bonchev–Trinajstić information content (AvgIpc) is 2.40. The van der Waals surface area contributed by atoms with Crippen LogP contribution in [-0.2, 0) is 4.79 Å². The molecule has 0 saturated carbocycles. The summed E-state index contributed by atoms with van der Waals surface area (Å²) in [7, 11) is 1.09. The zero-order valence-corrected chi connectivity index (χ0v) is 10.7. The second kappa shape index (κ2) is 5.81. The highest BCUT2D eigenvalue weighted by Gasteiger charge is 2.30. The number of carboxylic acid groups (broad SMARTS) is 1. The van der Waals surface area contributed by atoms with Crippen LogP contribution in [0.3, 0.4) is 0 Å². The maximum absolute atomic E-state index is 13.6. The van der Waals surface area contributed by atoms with E-state index in [4.69, 9.17) is 10.2 Å². The maximum Gasteiger partial charge on any atom is 0.326 e. The van der Waals surface area contributed by atoms with Crippen molar-refractivity contribution in [2.24, 2.45) is 0 Å². The zero-order valence-electron chi connectivity index (χ0n) is 10.7. The molecule has 1 aromatic rings. The quantitative estimate of drug-likeness (QED) is 0.828. The van der Waals surface area contributed by atoms with Gasteiger partial charge < -0.3 is 15.1 Å². The summed E-state index contributed by atoms with van der Waals surface area (Å²) in [6.45, 7) is 1.49. The van der Waals surface area contributed by atoms with Crippen molar-refractivity contribution in [2.45, 2.75) is 19.4 Å². The maximum atomic E-state index is 13.6. The molecular formula is C12H12F3NO4. The molecule has 1 rings (SSSR count). The van der Waals surface area contributed by atoms with Crippen LogP contribution >= 0.6 is 0 Å². The van der Waals surface area contributed by atoms with Crippen molar-refractivity contribution in [1.82, 2.24) is 4.90 Å². The number of benzene rings is 1. The first kappa shape index (κ1) is 15.8. The molecule has 0 aromatic heterocycles. The first-order chi connectivity index (χ1) is 9.22. The number of phenols is 1. The molecule has 20 heavy (non-hydrogen) atoms. The van der Waals surface area contributed by atoms with Crippen LogP contribution in [0.15, 0.2) is 6.07 Å². The molecule has 1 amide bonds. The summed E-state index contributed by atoms with van der Waals surface area (Å²) in [5.41, 5.74) is -0.941. The smallest absolute Gasteiger partial charge is 0.326 e. The van der Waals surface area contributed by atoms with E-state index in [2.05, 4.69) is 0 Å². The number of carbonyl (C=O) groups is 2. The van der Waals surface area contributed by atoms with Gasteiger partial charge in [0.2, 0.25) is 5.82 Å². The number of aliphatic carboxylic acids is 1. The number of phenolic OH excluding ortho intramolecular Hbond substituents is 1. The largest absolute Gasteiger partial charge is 0.503 e. The fourth-order valence-electron chi connectivity index (χ4n) is 1.69. The second-order valence-electron chi connectivity index (χ2n) is 4.06. The summed E-state index contributed by atoms with van der Waals surface area (Å²) in [6.07, 6.45) is 0.0366. The van der Waals surface area contributed by atoms with Crippen molar-refractivity contribution >= 4 is 11.9 Å². The highest BCUT2D eigenvalue weighted by Crippen LogP contribution is 2.27. The molecule has 0 aliphatic carbocycles. The lowest BCUT2D eigenvalue weighted by molar-refractivity contribution is -0.142. The van der Waals surface area contributed by atoms with Gasteiger partial charge in [-0.25, -0.2) is 13.6 Å². The molecule has 0 fully saturated rings. The van der Waals surface area contributed by atoms with Crippen LogP contribution in [0, 0.1) is 17.5 Å². The Hall–Kier alpha value is -2.25. The lowest BCUT2D eigenvalue weighted by atomic mass is 10.1. The van der Waals surface area contributed by atoms with E-state index in [9.17, 15) is 22.8 Å². The number of carbonyl (C=O) groups excluding carboxylic acids is 1. The van der Waals surface area contributed by atoms with Crippen LogP contribution in [0.4, 0.5) is 13.2 Å². The molecular weight excluding hydrogens is 279 g/mol. The van der Waals surface area contributed by atoms with E-state index < -0.39 is 46.7 Å². The predicted molar refractivity (Wildman–Crippen MR) is 61.8 cm³/mol. The molecule has 1 unspecified atom stereocenters. The van der Waals surface area contributed by atoms with Gasteiger partial charge in [-0.1, -0.05) is 6.92 Å². The first-order valence-electron chi connectivity index (χ1n) is 5.58. The number of halogens is 3. The lowest BCUT2D eigenvalue weighted by Crippen LogP contribution is -2.42. The van der Waals surface area contributed by atoms with Crippen molar-refractivity contribution < 1.29 is 33.0 Å². The number of rotatable bonds is 4. The van der Waals surface area contributed by atoms with E-state index in [1.54, 1.807) is 0 Å². The molecule has 2 N–H and O–H groups in total. The molecule has 0 spiro atoms. The molecule has 0 bridgehead atoms. The minimum atomic E-state index is -1.81. The number of nitrogens with zero attached hydrogens (tertiary/aromatic N) is 1. The Kier molecular flexibility index (Phi) is 4.59. The SMILES string of the molecule is CCC(C(=O)O)N(C)C(=O)c1cc(F)c(F)c(O)c1F. The summed E-state index contributed by atoms with van der Waals surface area (Å²) in [6, 6.07) is -0.977. The van der Waals surface area contributed by atoms with E-state index >= 15 is 0 Å². The molecule has 110 valence electrons. The van der Waals surface area contributed by atoms with Crippen LogP contribution in [0.1, 0.15) is 23.7 Å². The van der Waals surface area contributed by atoms with Crippen molar-refractivity contribution in [2.75, 3.05) is 7.05 Å². The van der Waals surface area contributed by atoms with E-state index in [-0.39, 0.29) is 12.5 Å². The molecule has 8 heteroatoms. The fraction of sp³-hybridized carbons (Fsp3) is 0.333. The van der Waals surface area contributed by atoms with Crippen molar-refractivity contribution in [1.29, 1.82) is 0 Å². The van der Waals surface area contributed by atoms with Gasteiger partial charge in [0.15, 0.2) is 17.4 Å². The van der Waals surface area contributed by atoms with Gasteiger partial charge >= 0.3 is 5.97 Å². The Labute approximate surface area is 112 Å². The van der Waals surface area contributed by atoms with Gasteiger partial charge in [0.1, 0.15) is 6.04 Å². The minimum absolute atomic E-state index is 0.0366. The number of hydrogen-bond acceptors (Lipinski definition) is 3. The standard InChI is InChI=1S/C12H12F3NO4/c1-3-7(12(19)20)16(2)11(18)5-4-6(13)9(15)10(17)8(5)14/h4,7,17H,3H2,1-2H3,(H,19,20). The third-order valence-corrected chi connectivity index (χ3v) is 2.82. The van der Waals surface area contributed by atoms with Crippen molar-refractivity contribution in [3.8, 4) is 5.75 Å². The Morgan fingerprint density at radius 3 is 2.30 bits per heavy atom. The highest BCUT2D eigenvalue weighted by atomic mass is 19.2. The van der Waals surface area contributed by atoms with Crippen LogP contribution < -0.4 is 0 Å². The molecule has 0 heterocycles. The number of aromatic hydroxyl groups is 1. The summed E-state index contributed by atoms with van der Waals surface area (Å²) in [5, 5.41) is 17.9. The fourth-order valence-corrected chi connectivity index (χ4v) is 1.69. The number of hydrogen-bond donors (Lipinski definition) is 2. The van der Waals surface area contributed by atoms with Gasteiger partial charge in [-0.3, -0.25) is 4.79 Å². The topological polar surface area (TPSA) is 77.8 Å². The molecule has 0 aliphatic heterocycles. The third-order valence-electron chi connectivity index (χ3n) is 2.82. The van der Waals surface area contributed by atoms with Gasteiger partial charge in [-0.15, -0.1) is 0 Å². The van der Waals surface area contributed by atoms with Gasteiger partial charge in [0.25, 0.3) is 5.91 Å². The molecule has 1 atom stereocenters. The Morgan fingerprint density at radius 1 is 1.30 bits per heavy atom. The number of carboxylic acids is 1. The van der Waals surface area contributed by atoms with Gasteiger partial charge in [0.05, 0.1) is 5.56 Å². The molecule has 0 aliphatic rings. The summed E-state index contributed by atoms with van der Waals surface area (Å²) in [5.74, 6) is -9.18. The first-order valence-corrected chi connectivity index (χ1v) is 5.58. The summed E-state index contributed by atoms with van der Waals surface area (Å²) in [4.78, 5) is 23.5. The van der Waals surface area contributed by atoms with Crippen molar-refractivity contribution in [3.63, 3.8) is 0 Å². The normalized spacial score (nSPS) is 12.1. The van der Waals surface area contributed by atoms with E-state index in [1.807, 2.05) is 0 Å². The second-order valence-corrected chi connectivity index (χ2v) is 4.06. The Morgan fingerprint density at radius 2 is 1.85 bits per heavy atom. The van der Waals surface area contributed by atoms with Crippen LogP contribution in [-0.4, -0.2) is 40.1 Å². The third kappa shape index (κ3) is 2.68. The van der Waals surface area contributed by atoms with Gasteiger partial charge in [0, 0.05) is 7.05 Å². The van der Waals surface area contributed by atoms with Crippen LogP contribution in [0.2, 0.25) is 0 Å². The van der Waals surface area contributed by atoms with E-state index in [0.29, 0.717) is 4.90 Å². The van der Waals surface area contributed by atoms with E-state index in [0.717, 1.165) is 7.05 Å². The van der Waals surface area contributed by atoms with Crippen LogP contribution in [0.5, 0.6) is 5.75 Å². The van der Waals surface area contributed by atoms with Crippen LogP contribution in [0.25, 0.3) is 0 Å².